The lowest BCUT2D eigenvalue weighted by Crippen LogP contribution is -2.29. The van der Waals surface area contributed by atoms with Gasteiger partial charge in [0.15, 0.2) is 6.61 Å². The van der Waals surface area contributed by atoms with Gasteiger partial charge in [0.1, 0.15) is 11.3 Å². The Hall–Kier alpha value is -2.04. The number of phenolic OH excluding ortho intramolecular Hbond substituents is 1. The van der Waals surface area contributed by atoms with Gasteiger partial charge in [0.2, 0.25) is 0 Å². The summed E-state index contributed by atoms with van der Waals surface area (Å²) < 4.78 is 4.86. The smallest absolute Gasteiger partial charge is 0.342 e. The molecule has 0 saturated carbocycles. The Morgan fingerprint density at radius 1 is 1.30 bits per heavy atom. The monoisotopic (exact) mass is 279 g/mol. The topological polar surface area (TPSA) is 75.6 Å². The molecule has 2 N–H and O–H groups in total. The highest BCUT2D eigenvalue weighted by Crippen LogP contribution is 2.19. The third-order valence-electron chi connectivity index (χ3n) is 2.81. The van der Waals surface area contributed by atoms with E-state index in [9.17, 15) is 14.7 Å². The lowest BCUT2D eigenvalue weighted by Gasteiger charge is -2.07. The number of unbranched alkanes of at least 4 members (excludes halogenated alkanes) is 2. The molecule has 0 unspecified atom stereocenters. The van der Waals surface area contributed by atoms with Crippen molar-refractivity contribution in [2.24, 2.45) is 0 Å². The molecule has 0 aliphatic carbocycles. The van der Waals surface area contributed by atoms with Gasteiger partial charge in [-0.3, -0.25) is 4.79 Å². The van der Waals surface area contributed by atoms with Crippen molar-refractivity contribution in [1.82, 2.24) is 5.32 Å². The summed E-state index contributed by atoms with van der Waals surface area (Å²) in [7, 11) is 0. The molecule has 0 fully saturated rings. The molecule has 0 bridgehead atoms. The molecule has 5 nitrogen and oxygen atoms in total. The Morgan fingerprint density at radius 3 is 2.70 bits per heavy atom. The Kier molecular flexibility index (Phi) is 6.56. The van der Waals surface area contributed by atoms with Gasteiger partial charge in [0.25, 0.3) is 5.91 Å². The Morgan fingerprint density at radius 2 is 2.05 bits per heavy atom. The molecule has 0 aliphatic heterocycles. The van der Waals surface area contributed by atoms with E-state index in [0.29, 0.717) is 6.54 Å². The average molecular weight is 279 g/mol. The molecule has 1 amide bonds. The molecule has 0 heterocycles. The van der Waals surface area contributed by atoms with E-state index in [2.05, 4.69) is 12.2 Å². The van der Waals surface area contributed by atoms with Gasteiger partial charge in [-0.05, 0) is 31.0 Å². The number of aryl methyl sites for hydroxylation is 1. The zero-order valence-corrected chi connectivity index (χ0v) is 11.9. The number of benzene rings is 1. The van der Waals surface area contributed by atoms with E-state index >= 15 is 0 Å². The van der Waals surface area contributed by atoms with Crippen LogP contribution in [0.15, 0.2) is 18.2 Å². The lowest BCUT2D eigenvalue weighted by molar-refractivity contribution is -0.124. The number of carbonyl (C=O) groups excluding carboxylic acids is 2. The summed E-state index contributed by atoms with van der Waals surface area (Å²) in [5.41, 5.74) is 0.905. The van der Waals surface area contributed by atoms with Gasteiger partial charge >= 0.3 is 5.97 Å². The van der Waals surface area contributed by atoms with E-state index in [4.69, 9.17) is 4.74 Å². The molecule has 1 aromatic carbocycles. The maximum absolute atomic E-state index is 11.7. The molecule has 0 radical (unpaired) electrons. The summed E-state index contributed by atoms with van der Waals surface area (Å²) in [6, 6.07) is 4.65. The first-order valence-corrected chi connectivity index (χ1v) is 6.78. The molecular formula is C15H21NO4. The summed E-state index contributed by atoms with van der Waals surface area (Å²) in [5, 5.41) is 12.3. The Labute approximate surface area is 118 Å². The fourth-order valence-corrected chi connectivity index (χ4v) is 1.68. The van der Waals surface area contributed by atoms with Crippen LogP contribution in [0.25, 0.3) is 0 Å². The Bertz CT molecular complexity index is 471. The zero-order valence-electron chi connectivity index (χ0n) is 11.9. The fourth-order valence-electron chi connectivity index (χ4n) is 1.68. The van der Waals surface area contributed by atoms with Gasteiger partial charge < -0.3 is 15.2 Å². The average Bonchev–Trinajstić information content (AvgIpc) is 2.41. The maximum atomic E-state index is 11.7. The minimum absolute atomic E-state index is 0.0642. The summed E-state index contributed by atoms with van der Waals surface area (Å²) in [6.45, 7) is 4.13. The number of hydrogen-bond acceptors (Lipinski definition) is 4. The van der Waals surface area contributed by atoms with Gasteiger partial charge in [-0.2, -0.15) is 0 Å². The number of aromatic hydroxyl groups is 1. The quantitative estimate of drug-likeness (QED) is 0.592. The molecule has 0 saturated heterocycles. The van der Waals surface area contributed by atoms with Gasteiger partial charge in [-0.1, -0.05) is 25.8 Å². The summed E-state index contributed by atoms with van der Waals surface area (Å²) in [4.78, 5) is 23.1. The molecule has 0 aromatic heterocycles. The van der Waals surface area contributed by atoms with Crippen molar-refractivity contribution in [3.05, 3.63) is 29.3 Å². The van der Waals surface area contributed by atoms with E-state index in [0.717, 1.165) is 24.8 Å². The number of rotatable bonds is 7. The molecule has 0 atom stereocenters. The van der Waals surface area contributed by atoms with Gasteiger partial charge in [0.05, 0.1) is 0 Å². The molecule has 1 aromatic rings. The summed E-state index contributed by atoms with van der Waals surface area (Å²) in [6.07, 6.45) is 3.05. The van der Waals surface area contributed by atoms with Crippen molar-refractivity contribution in [2.45, 2.75) is 33.1 Å². The number of ether oxygens (including phenoxy) is 1. The molecule has 0 aliphatic rings. The molecule has 110 valence electrons. The minimum atomic E-state index is -0.703. The van der Waals surface area contributed by atoms with Gasteiger partial charge in [0, 0.05) is 6.54 Å². The van der Waals surface area contributed by atoms with E-state index in [-0.39, 0.29) is 23.8 Å². The van der Waals surface area contributed by atoms with Crippen molar-refractivity contribution in [3.8, 4) is 5.75 Å². The van der Waals surface area contributed by atoms with Crippen molar-refractivity contribution in [2.75, 3.05) is 13.2 Å². The second-order valence-electron chi connectivity index (χ2n) is 4.65. The van der Waals surface area contributed by atoms with E-state index < -0.39 is 5.97 Å². The third kappa shape index (κ3) is 5.30. The summed E-state index contributed by atoms with van der Waals surface area (Å²) in [5.74, 6) is -1.18. The van der Waals surface area contributed by atoms with E-state index in [1.807, 2.05) is 0 Å². The van der Waals surface area contributed by atoms with Crippen LogP contribution in [0.5, 0.6) is 5.75 Å². The van der Waals surface area contributed by atoms with Gasteiger partial charge in [-0.25, -0.2) is 4.79 Å². The highest BCUT2D eigenvalue weighted by Gasteiger charge is 2.14. The van der Waals surface area contributed by atoms with Crippen LogP contribution in [0.4, 0.5) is 0 Å². The fraction of sp³-hybridized carbons (Fsp3) is 0.467. The largest absolute Gasteiger partial charge is 0.507 e. The van der Waals surface area contributed by atoms with Crippen molar-refractivity contribution >= 4 is 11.9 Å². The predicted octanol–water partition coefficient (Wildman–Crippen LogP) is 2.16. The van der Waals surface area contributed by atoms with Crippen LogP contribution in [0.1, 0.15) is 42.1 Å². The number of hydrogen-bond donors (Lipinski definition) is 2. The SMILES string of the molecule is CCCCCNC(=O)COC(=O)c1ccc(C)cc1O. The third-order valence-corrected chi connectivity index (χ3v) is 2.81. The van der Waals surface area contributed by atoms with Crippen LogP contribution in [0.3, 0.4) is 0 Å². The predicted molar refractivity (Wildman–Crippen MR) is 75.7 cm³/mol. The first kappa shape index (κ1) is 16.0. The normalized spacial score (nSPS) is 10.1. The van der Waals surface area contributed by atoms with Crippen LogP contribution in [-0.4, -0.2) is 30.1 Å². The molecule has 0 spiro atoms. The zero-order chi connectivity index (χ0) is 15.0. The first-order valence-electron chi connectivity index (χ1n) is 6.78. The highest BCUT2D eigenvalue weighted by molar-refractivity contribution is 5.93. The Balaban J connectivity index is 2.37. The van der Waals surface area contributed by atoms with Crippen LogP contribution in [0.2, 0.25) is 0 Å². The maximum Gasteiger partial charge on any atom is 0.342 e. The van der Waals surface area contributed by atoms with Gasteiger partial charge in [-0.15, -0.1) is 0 Å². The number of nitrogens with one attached hydrogen (secondary N) is 1. The molecule has 1 rings (SSSR count). The molecule has 20 heavy (non-hydrogen) atoms. The van der Waals surface area contributed by atoms with Crippen LogP contribution < -0.4 is 5.32 Å². The van der Waals surface area contributed by atoms with Crippen molar-refractivity contribution in [3.63, 3.8) is 0 Å². The molecule has 5 heteroatoms. The minimum Gasteiger partial charge on any atom is -0.507 e. The van der Waals surface area contributed by atoms with E-state index in [1.54, 1.807) is 13.0 Å². The lowest BCUT2D eigenvalue weighted by atomic mass is 10.1. The number of esters is 1. The summed E-state index contributed by atoms with van der Waals surface area (Å²) >= 11 is 0. The van der Waals surface area contributed by atoms with Crippen LogP contribution >= 0.6 is 0 Å². The number of phenols is 1. The van der Waals surface area contributed by atoms with Crippen molar-refractivity contribution in [1.29, 1.82) is 0 Å². The molecular weight excluding hydrogens is 258 g/mol. The standard InChI is InChI=1S/C15H21NO4/c1-3-4-5-8-16-14(18)10-20-15(19)12-7-6-11(2)9-13(12)17/h6-7,9,17H,3-5,8,10H2,1-2H3,(H,16,18). The number of amides is 1. The second-order valence-corrected chi connectivity index (χ2v) is 4.65. The van der Waals surface area contributed by atoms with Crippen molar-refractivity contribution < 1.29 is 19.4 Å². The van der Waals surface area contributed by atoms with Crippen LogP contribution in [-0.2, 0) is 9.53 Å². The second kappa shape index (κ2) is 8.19. The highest BCUT2D eigenvalue weighted by atomic mass is 16.5. The van der Waals surface area contributed by atoms with E-state index in [1.165, 1.54) is 12.1 Å². The van der Waals surface area contributed by atoms with Crippen LogP contribution in [0, 0.1) is 6.92 Å². The number of carbonyl (C=O) groups is 2. The first-order chi connectivity index (χ1) is 9.54.